The van der Waals surface area contributed by atoms with Crippen LogP contribution in [0.1, 0.15) is 89.7 Å². The van der Waals surface area contributed by atoms with Crippen LogP contribution in [0.5, 0.6) is 0 Å². The van der Waals surface area contributed by atoms with E-state index in [1.54, 1.807) is 0 Å². The first-order chi connectivity index (χ1) is 26.5. The minimum absolute atomic E-state index is 0.117. The van der Waals surface area contributed by atoms with Gasteiger partial charge in [0.1, 0.15) is 0 Å². The molecular formula is C53H52Cl2Hf. The van der Waals surface area contributed by atoms with Gasteiger partial charge in [0.2, 0.25) is 0 Å². The fourth-order valence-electron chi connectivity index (χ4n) is 9.32. The first-order valence-electron chi connectivity index (χ1n) is 20.0. The van der Waals surface area contributed by atoms with Gasteiger partial charge in [0.25, 0.3) is 0 Å². The average Bonchev–Trinajstić information content (AvgIpc) is 3.84. The van der Waals surface area contributed by atoms with Crippen LogP contribution in [0.25, 0.3) is 33.4 Å². The summed E-state index contributed by atoms with van der Waals surface area (Å²) in [6.07, 6.45) is 8.89. The second-order valence-corrected chi connectivity index (χ2v) is 47.7. The van der Waals surface area contributed by atoms with Gasteiger partial charge in [-0.3, -0.25) is 0 Å². The van der Waals surface area contributed by atoms with E-state index in [-0.39, 0.29) is 18.2 Å². The fraction of sp³-hybridized carbons (Fsp3) is 0.226. The van der Waals surface area contributed by atoms with Crippen molar-refractivity contribution in [2.24, 2.45) is 0 Å². The SMILES string of the molecule is Cc1ccc([C](c2ccc(C)cc2)=[Hf]([Cl])([Cl])([CH]2C=CC=C2)[CH]2c3cc(-c4ccccc4)c(C(C)(C)C)cc3-c3cc(C(C)(C)C)c(-c4ccccc4)cc32)cc1. The molecule has 56 heavy (non-hydrogen) atoms. The van der Waals surface area contributed by atoms with E-state index in [0.29, 0.717) is 0 Å². The molecule has 0 N–H and O–H groups in total. The molecule has 0 saturated heterocycles. The van der Waals surface area contributed by atoms with Crippen LogP contribution in [-0.4, -0.2) is 3.26 Å². The Balaban J connectivity index is 1.61. The van der Waals surface area contributed by atoms with Crippen molar-refractivity contribution < 1.29 is 15.7 Å². The monoisotopic (exact) mass is 938 g/mol. The Morgan fingerprint density at radius 3 is 1.21 bits per heavy atom. The molecule has 282 valence electrons. The summed E-state index contributed by atoms with van der Waals surface area (Å²) in [6.45, 7) is 18.3. The maximum absolute atomic E-state index is 9.08. The zero-order valence-electron chi connectivity index (χ0n) is 33.9. The number of benzene rings is 6. The Morgan fingerprint density at radius 1 is 0.482 bits per heavy atom. The van der Waals surface area contributed by atoms with Gasteiger partial charge in [-0.05, 0) is 0 Å². The Bertz CT molecular complexity index is 2420. The van der Waals surface area contributed by atoms with E-state index in [1.165, 1.54) is 66.8 Å². The first-order valence-corrected chi connectivity index (χ1v) is 34.8. The minimum atomic E-state index is -5.82. The molecular weight excluding hydrogens is 886 g/mol. The first kappa shape index (κ1) is 39.0. The molecule has 0 unspecified atom stereocenters. The van der Waals surface area contributed by atoms with Gasteiger partial charge in [-0.1, -0.05) is 0 Å². The van der Waals surface area contributed by atoms with E-state index in [2.05, 4.69) is 213 Å². The molecule has 2 aliphatic rings. The molecule has 0 bridgehead atoms. The normalized spacial score (nSPS) is 14.6. The van der Waals surface area contributed by atoms with Crippen LogP contribution in [0.2, 0.25) is 3.67 Å². The molecule has 6 aromatic carbocycles. The number of hydrogen-bond acceptors (Lipinski definition) is 0. The quantitative estimate of drug-likeness (QED) is 0.146. The summed E-state index contributed by atoms with van der Waals surface area (Å²) in [5.74, 6) is 0. The van der Waals surface area contributed by atoms with Crippen LogP contribution in [0.4, 0.5) is 0 Å². The summed E-state index contributed by atoms with van der Waals surface area (Å²) in [6, 6.07) is 49.5. The van der Waals surface area contributed by atoms with Crippen molar-refractivity contribution in [2.45, 2.75) is 73.6 Å². The molecule has 2 aliphatic carbocycles. The Hall–Kier alpha value is -3.88. The number of hydrogen-bond donors (Lipinski definition) is 0. The van der Waals surface area contributed by atoms with E-state index in [4.69, 9.17) is 17.2 Å². The molecule has 3 heteroatoms. The maximum atomic E-state index is 9.08. The summed E-state index contributed by atoms with van der Waals surface area (Å²) >= 11 is -5.82. The molecule has 0 spiro atoms. The van der Waals surface area contributed by atoms with Crippen LogP contribution in [0.15, 0.2) is 158 Å². The van der Waals surface area contributed by atoms with E-state index >= 15 is 0 Å². The Labute approximate surface area is 342 Å². The van der Waals surface area contributed by atoms with Gasteiger partial charge in [-0.25, -0.2) is 0 Å². The van der Waals surface area contributed by atoms with Gasteiger partial charge >= 0.3 is 345 Å². The third kappa shape index (κ3) is 6.62. The molecule has 0 saturated carbocycles. The number of rotatable bonds is 6. The van der Waals surface area contributed by atoms with Crippen molar-refractivity contribution in [3.8, 4) is 33.4 Å². The average molecular weight is 938 g/mol. The molecule has 6 aromatic rings. The molecule has 0 radical (unpaired) electrons. The van der Waals surface area contributed by atoms with Crippen LogP contribution in [-0.2, 0) is 26.5 Å². The van der Waals surface area contributed by atoms with E-state index in [1.807, 2.05) is 0 Å². The summed E-state index contributed by atoms with van der Waals surface area (Å²) in [4.78, 5) is 0. The number of aryl methyl sites for hydroxylation is 2. The number of fused-ring (bicyclic) bond motifs is 3. The van der Waals surface area contributed by atoms with Crippen molar-refractivity contribution in [2.75, 3.05) is 0 Å². The number of halogens is 2. The van der Waals surface area contributed by atoms with Gasteiger partial charge < -0.3 is 0 Å². The molecule has 0 amide bonds. The Kier molecular flexibility index (Phi) is 9.88. The van der Waals surface area contributed by atoms with Gasteiger partial charge in [-0.2, -0.15) is 0 Å². The third-order valence-corrected chi connectivity index (χ3v) is 40.2. The second-order valence-electron chi connectivity index (χ2n) is 18.2. The Morgan fingerprint density at radius 2 is 0.857 bits per heavy atom. The third-order valence-electron chi connectivity index (χ3n) is 12.1. The standard InChI is InChI=1S/C33H33.C15H14.C5H5.2ClH.Hf/c1-32(2,3)30-20-26-24(18-28(30)22-13-9-7-10-14-22)17-25-19-29(23-15-11-8-12-16-23)31(21-27(25)26)33(4,5)6;1-12-3-7-14(8-4-12)11-15-9-5-13(2)6-10-15;1-2-4-5-3-1;;;/h7-21H,1-6H3;3-10H,1-2H3;1-5H;2*1H;/q;;;;;+2/p-2. The fourth-order valence-corrected chi connectivity index (χ4v) is 37.0. The topological polar surface area (TPSA) is 0 Å². The van der Waals surface area contributed by atoms with Crippen molar-refractivity contribution in [1.82, 2.24) is 0 Å². The second kappa shape index (κ2) is 14.2. The molecule has 0 atom stereocenters. The summed E-state index contributed by atoms with van der Waals surface area (Å²) in [5, 5.41) is 0. The summed E-state index contributed by atoms with van der Waals surface area (Å²) in [5.41, 5.74) is 16.9. The zero-order valence-corrected chi connectivity index (χ0v) is 39.0. The van der Waals surface area contributed by atoms with Gasteiger partial charge in [-0.15, -0.1) is 0 Å². The van der Waals surface area contributed by atoms with Crippen molar-refractivity contribution in [3.05, 3.63) is 202 Å². The van der Waals surface area contributed by atoms with Gasteiger partial charge in [0, 0.05) is 0 Å². The van der Waals surface area contributed by atoms with Crippen LogP contribution in [0.3, 0.4) is 0 Å². The molecule has 0 aliphatic heterocycles. The van der Waals surface area contributed by atoms with Crippen LogP contribution >= 0.6 is 17.2 Å². The predicted octanol–water partition coefficient (Wildman–Crippen LogP) is 15.5. The molecule has 0 aromatic heterocycles. The van der Waals surface area contributed by atoms with Crippen molar-refractivity contribution in [1.29, 1.82) is 0 Å². The predicted molar refractivity (Wildman–Crippen MR) is 241 cm³/mol. The van der Waals surface area contributed by atoms with Gasteiger partial charge in [0.15, 0.2) is 0 Å². The molecule has 0 fully saturated rings. The van der Waals surface area contributed by atoms with Crippen LogP contribution in [0, 0.1) is 13.8 Å². The van der Waals surface area contributed by atoms with E-state index in [9.17, 15) is 0 Å². The summed E-state index contributed by atoms with van der Waals surface area (Å²) < 4.78 is 0.739. The molecule has 8 rings (SSSR count). The van der Waals surface area contributed by atoms with E-state index in [0.717, 1.165) is 14.4 Å². The van der Waals surface area contributed by atoms with Gasteiger partial charge in [0.05, 0.1) is 0 Å². The molecule has 0 nitrogen and oxygen atoms in total. The summed E-state index contributed by atoms with van der Waals surface area (Å²) in [7, 11) is 18.2. The van der Waals surface area contributed by atoms with E-state index < -0.39 is 15.7 Å². The van der Waals surface area contributed by atoms with Crippen molar-refractivity contribution >= 4 is 20.4 Å². The molecule has 0 heterocycles. The van der Waals surface area contributed by atoms with Crippen LogP contribution < -0.4 is 0 Å². The van der Waals surface area contributed by atoms with Crippen molar-refractivity contribution in [3.63, 3.8) is 0 Å². The number of allylic oxidation sites excluding steroid dienone is 4. The zero-order chi connectivity index (χ0) is 39.6.